The van der Waals surface area contributed by atoms with Gasteiger partial charge in [-0.3, -0.25) is 0 Å². The molecule has 2 amide bonds. The number of hydrogen-bond donors (Lipinski definition) is 2. The van der Waals surface area contributed by atoms with Gasteiger partial charge < -0.3 is 24.8 Å². The zero-order valence-corrected chi connectivity index (χ0v) is 18.8. The molecule has 0 saturated heterocycles. The van der Waals surface area contributed by atoms with Crippen LogP contribution in [0.5, 0.6) is 11.5 Å². The Kier molecular flexibility index (Phi) is 6.77. The Morgan fingerprint density at radius 1 is 0.829 bits per heavy atom. The van der Waals surface area contributed by atoms with E-state index < -0.39 is 29.8 Å². The number of hydrogen-bond acceptors (Lipinski definition) is 6. The minimum atomic E-state index is -0.824. The topological polar surface area (TPSA) is 103 Å². The summed E-state index contributed by atoms with van der Waals surface area (Å²) in [6.07, 6.45) is 0. The van der Waals surface area contributed by atoms with Crippen molar-refractivity contribution >= 4 is 23.7 Å². The molecule has 1 unspecified atom stereocenters. The number of rotatable bonds is 6. The van der Waals surface area contributed by atoms with Gasteiger partial charge in [-0.2, -0.15) is 0 Å². The lowest BCUT2D eigenvalue weighted by Crippen LogP contribution is -2.45. The van der Waals surface area contributed by atoms with Crippen molar-refractivity contribution in [2.45, 2.75) is 6.04 Å². The summed E-state index contributed by atoms with van der Waals surface area (Å²) in [5.74, 6) is -0.873. The Labute approximate surface area is 200 Å². The highest BCUT2D eigenvalue weighted by Gasteiger charge is 2.34. The van der Waals surface area contributed by atoms with Crippen molar-refractivity contribution in [2.24, 2.45) is 0 Å². The molecular formula is C26H21FN2O6. The fraction of sp³-hybridized carbons (Fsp3) is 0.115. The van der Waals surface area contributed by atoms with Crippen molar-refractivity contribution < 1.29 is 33.0 Å². The molecule has 0 aliphatic carbocycles. The average Bonchev–Trinajstić information content (AvgIpc) is 2.88. The van der Waals surface area contributed by atoms with Crippen LogP contribution in [-0.4, -0.2) is 32.2 Å². The molecule has 8 nitrogen and oxygen atoms in total. The third kappa shape index (κ3) is 5.14. The van der Waals surface area contributed by atoms with Crippen LogP contribution in [0, 0.1) is 5.82 Å². The van der Waals surface area contributed by atoms with Crippen molar-refractivity contribution in [1.29, 1.82) is 0 Å². The second-order valence-electron chi connectivity index (χ2n) is 7.51. The first-order valence-electron chi connectivity index (χ1n) is 10.5. The number of methoxy groups -OCH3 is 2. The van der Waals surface area contributed by atoms with Gasteiger partial charge >= 0.3 is 18.0 Å². The van der Waals surface area contributed by atoms with Gasteiger partial charge in [0.15, 0.2) is 0 Å². The van der Waals surface area contributed by atoms with Gasteiger partial charge in [0.2, 0.25) is 0 Å². The van der Waals surface area contributed by atoms with Gasteiger partial charge in [0, 0.05) is 0 Å². The summed E-state index contributed by atoms with van der Waals surface area (Å²) < 4.78 is 28.6. The van der Waals surface area contributed by atoms with E-state index in [1.165, 1.54) is 50.6 Å². The van der Waals surface area contributed by atoms with Crippen LogP contribution in [0.4, 0.5) is 9.18 Å². The van der Waals surface area contributed by atoms with E-state index >= 15 is 0 Å². The number of halogens is 1. The maximum absolute atomic E-state index is 13.1. The molecule has 0 bridgehead atoms. The number of urea groups is 1. The fourth-order valence-electron chi connectivity index (χ4n) is 3.61. The summed E-state index contributed by atoms with van der Waals surface area (Å²) in [5.41, 5.74) is 1.86. The van der Waals surface area contributed by atoms with Gasteiger partial charge in [-0.25, -0.2) is 18.8 Å². The lowest BCUT2D eigenvalue weighted by atomic mass is 9.92. The zero-order chi connectivity index (χ0) is 24.9. The summed E-state index contributed by atoms with van der Waals surface area (Å²) in [7, 11) is 2.80. The van der Waals surface area contributed by atoms with E-state index in [2.05, 4.69) is 10.6 Å². The summed E-state index contributed by atoms with van der Waals surface area (Å²) >= 11 is 0. The predicted molar refractivity (Wildman–Crippen MR) is 124 cm³/mol. The number of amides is 2. The van der Waals surface area contributed by atoms with Crippen molar-refractivity contribution in [1.82, 2.24) is 10.6 Å². The lowest BCUT2D eigenvalue weighted by molar-refractivity contribution is -0.136. The number of benzene rings is 3. The summed E-state index contributed by atoms with van der Waals surface area (Å²) in [6.45, 7) is 0. The maximum atomic E-state index is 13.1. The number of esters is 2. The van der Waals surface area contributed by atoms with E-state index in [1.54, 1.807) is 36.4 Å². The third-order valence-corrected chi connectivity index (χ3v) is 5.36. The Hall–Kier alpha value is -4.66. The van der Waals surface area contributed by atoms with Gasteiger partial charge in [-0.1, -0.05) is 12.1 Å². The van der Waals surface area contributed by atoms with E-state index in [0.29, 0.717) is 22.6 Å². The van der Waals surface area contributed by atoms with E-state index in [-0.39, 0.29) is 16.9 Å². The van der Waals surface area contributed by atoms with Crippen LogP contribution < -0.4 is 20.1 Å². The van der Waals surface area contributed by atoms with Crippen molar-refractivity contribution in [3.63, 3.8) is 0 Å². The molecule has 1 aliphatic rings. The minimum Gasteiger partial charge on any atom is -0.497 e. The lowest BCUT2D eigenvalue weighted by Gasteiger charge is -2.29. The maximum Gasteiger partial charge on any atom is 0.343 e. The Morgan fingerprint density at radius 3 is 2.06 bits per heavy atom. The van der Waals surface area contributed by atoms with Crippen LogP contribution in [0.15, 0.2) is 78.4 Å². The first-order valence-corrected chi connectivity index (χ1v) is 10.5. The van der Waals surface area contributed by atoms with Crippen LogP contribution >= 0.6 is 0 Å². The SMILES string of the molecule is COC(=O)C1=C(c2ccc(OC)cc2)NC(=O)NC1c1ccc(OC(=O)c2ccc(F)cc2)cc1. The highest BCUT2D eigenvalue weighted by Crippen LogP contribution is 2.33. The molecule has 1 aliphatic heterocycles. The summed E-state index contributed by atoms with van der Waals surface area (Å²) in [5, 5.41) is 5.42. The van der Waals surface area contributed by atoms with E-state index in [4.69, 9.17) is 14.2 Å². The standard InChI is InChI=1S/C26H21FN2O6/c1-33-19-11-5-15(6-12-19)22-21(25(31)34-2)23(29-26(32)28-22)16-7-13-20(14-8-16)35-24(30)17-3-9-18(27)10-4-17/h3-14,23H,1-2H3,(H2,28,29,32). The first kappa shape index (κ1) is 23.5. The second-order valence-corrected chi connectivity index (χ2v) is 7.51. The number of nitrogens with one attached hydrogen (secondary N) is 2. The normalized spacial score (nSPS) is 15.1. The molecule has 1 heterocycles. The summed E-state index contributed by atoms with van der Waals surface area (Å²) in [6, 6.07) is 16.8. The predicted octanol–water partition coefficient (Wildman–Crippen LogP) is 3.99. The fourth-order valence-corrected chi connectivity index (χ4v) is 3.61. The molecule has 0 saturated carbocycles. The van der Waals surface area contributed by atoms with E-state index in [1.807, 2.05) is 0 Å². The molecule has 0 aromatic heterocycles. The van der Waals surface area contributed by atoms with E-state index in [0.717, 1.165) is 0 Å². The van der Waals surface area contributed by atoms with Crippen LogP contribution in [0.2, 0.25) is 0 Å². The molecule has 0 radical (unpaired) electrons. The Balaban J connectivity index is 1.64. The minimum absolute atomic E-state index is 0.195. The molecule has 178 valence electrons. The van der Waals surface area contributed by atoms with Gasteiger partial charge in [0.25, 0.3) is 0 Å². The number of ether oxygens (including phenoxy) is 3. The van der Waals surface area contributed by atoms with Crippen LogP contribution in [0.1, 0.15) is 27.5 Å². The molecule has 0 spiro atoms. The van der Waals surface area contributed by atoms with Crippen molar-refractivity contribution in [2.75, 3.05) is 14.2 Å². The zero-order valence-electron chi connectivity index (χ0n) is 18.8. The molecule has 35 heavy (non-hydrogen) atoms. The molecule has 3 aromatic rings. The first-order chi connectivity index (χ1) is 16.9. The smallest absolute Gasteiger partial charge is 0.343 e. The molecule has 3 aromatic carbocycles. The third-order valence-electron chi connectivity index (χ3n) is 5.36. The quantitative estimate of drug-likeness (QED) is 0.412. The highest BCUT2D eigenvalue weighted by atomic mass is 19.1. The van der Waals surface area contributed by atoms with Crippen molar-refractivity contribution in [3.05, 3.63) is 101 Å². The van der Waals surface area contributed by atoms with Gasteiger partial charge in [0.05, 0.1) is 37.1 Å². The van der Waals surface area contributed by atoms with Gasteiger partial charge in [0.1, 0.15) is 17.3 Å². The van der Waals surface area contributed by atoms with E-state index in [9.17, 15) is 18.8 Å². The molecular weight excluding hydrogens is 455 g/mol. The van der Waals surface area contributed by atoms with Gasteiger partial charge in [-0.05, 0) is 71.8 Å². The number of carbonyl (C=O) groups is 3. The number of carbonyl (C=O) groups excluding carboxylic acids is 3. The van der Waals surface area contributed by atoms with Crippen molar-refractivity contribution in [3.8, 4) is 11.5 Å². The monoisotopic (exact) mass is 476 g/mol. The Bertz CT molecular complexity index is 1280. The average molecular weight is 476 g/mol. The highest BCUT2D eigenvalue weighted by molar-refractivity contribution is 6.04. The molecule has 2 N–H and O–H groups in total. The largest absolute Gasteiger partial charge is 0.497 e. The Morgan fingerprint density at radius 2 is 1.46 bits per heavy atom. The second kappa shape index (κ2) is 10.1. The molecule has 0 fully saturated rings. The van der Waals surface area contributed by atoms with Crippen LogP contribution in [0.25, 0.3) is 5.70 Å². The van der Waals surface area contributed by atoms with Crippen LogP contribution in [0.3, 0.4) is 0 Å². The molecule has 9 heteroatoms. The molecule has 1 atom stereocenters. The van der Waals surface area contributed by atoms with Gasteiger partial charge in [-0.15, -0.1) is 0 Å². The summed E-state index contributed by atoms with van der Waals surface area (Å²) in [4.78, 5) is 37.5. The molecule has 4 rings (SSSR count). The van der Waals surface area contributed by atoms with Crippen LogP contribution in [-0.2, 0) is 9.53 Å².